The molecule has 0 amide bonds. The molecule has 15 heavy (non-hydrogen) atoms. The molecule has 0 radical (unpaired) electrons. The minimum Gasteiger partial charge on any atom is -0.328 e. The average Bonchev–Trinajstić information content (AvgIpc) is 3.04. The van der Waals surface area contributed by atoms with Crippen LogP contribution in [0.25, 0.3) is 0 Å². The molecule has 2 aliphatic rings. The molecule has 1 atom stereocenters. The molecule has 1 aromatic rings. The van der Waals surface area contributed by atoms with Crippen molar-refractivity contribution in [2.75, 3.05) is 6.54 Å². The maximum absolute atomic E-state index is 6.18. The molecule has 4 heteroatoms. The second kappa shape index (κ2) is 3.49. The normalized spacial score (nSPS) is 25.3. The molecule has 82 valence electrons. The van der Waals surface area contributed by atoms with Gasteiger partial charge in [-0.05, 0) is 32.1 Å². The first kappa shape index (κ1) is 9.67. The molecule has 1 unspecified atom stereocenters. The van der Waals surface area contributed by atoms with Crippen LogP contribution in [-0.4, -0.2) is 16.1 Å². The Morgan fingerprint density at radius 3 is 2.87 bits per heavy atom. The minimum atomic E-state index is 0.435. The Bertz CT molecular complexity index is 381. The molecule has 2 N–H and O–H groups in total. The van der Waals surface area contributed by atoms with E-state index in [1.165, 1.54) is 37.2 Å². The van der Waals surface area contributed by atoms with Crippen LogP contribution in [-0.2, 0) is 6.42 Å². The van der Waals surface area contributed by atoms with Crippen LogP contribution in [0, 0.1) is 0 Å². The smallest absolute Gasteiger partial charge is 0.150 e. The lowest BCUT2D eigenvalue weighted by molar-refractivity contribution is 0.398. The van der Waals surface area contributed by atoms with Crippen LogP contribution in [0.2, 0.25) is 5.15 Å². The molecule has 3 rings (SSSR count). The monoisotopic (exact) mass is 225 g/mol. The SMILES string of the molecule is NCC1CCCc2c(Cl)nc(C3CC3)n21. The Morgan fingerprint density at radius 2 is 2.20 bits per heavy atom. The number of nitrogens with zero attached hydrogens (tertiary/aromatic N) is 2. The number of rotatable bonds is 2. The number of nitrogens with two attached hydrogens (primary N) is 1. The number of halogens is 1. The van der Waals surface area contributed by atoms with Gasteiger partial charge in [-0.3, -0.25) is 0 Å². The Hall–Kier alpha value is -0.540. The van der Waals surface area contributed by atoms with Crippen molar-refractivity contribution < 1.29 is 0 Å². The van der Waals surface area contributed by atoms with Gasteiger partial charge in [0.05, 0.1) is 5.69 Å². The maximum Gasteiger partial charge on any atom is 0.150 e. The molecule has 1 aromatic heterocycles. The van der Waals surface area contributed by atoms with Crippen LogP contribution in [0.1, 0.15) is 49.2 Å². The Kier molecular flexibility index (Phi) is 2.25. The van der Waals surface area contributed by atoms with Crippen LogP contribution < -0.4 is 5.73 Å². The lowest BCUT2D eigenvalue weighted by Gasteiger charge is -2.26. The lowest BCUT2D eigenvalue weighted by Crippen LogP contribution is -2.26. The molecule has 0 aromatic carbocycles. The van der Waals surface area contributed by atoms with Gasteiger partial charge in [-0.15, -0.1) is 0 Å². The summed E-state index contributed by atoms with van der Waals surface area (Å²) >= 11 is 6.18. The standard InChI is InChI=1S/C11H16ClN3/c12-10-9-3-1-2-8(6-13)15(9)11(14-10)7-4-5-7/h7-8H,1-6,13H2. The number of fused-ring (bicyclic) bond motifs is 1. The first-order valence-corrected chi connectivity index (χ1v) is 6.15. The quantitative estimate of drug-likeness (QED) is 0.839. The molecular weight excluding hydrogens is 210 g/mol. The summed E-state index contributed by atoms with van der Waals surface area (Å²) in [7, 11) is 0. The fraction of sp³-hybridized carbons (Fsp3) is 0.727. The van der Waals surface area contributed by atoms with Gasteiger partial charge in [0.2, 0.25) is 0 Å². The molecule has 0 saturated heterocycles. The second-order valence-corrected chi connectivity index (χ2v) is 4.99. The minimum absolute atomic E-state index is 0.435. The van der Waals surface area contributed by atoms with Crippen LogP contribution in [0.5, 0.6) is 0 Å². The van der Waals surface area contributed by atoms with Gasteiger partial charge in [0, 0.05) is 18.5 Å². The highest BCUT2D eigenvalue weighted by atomic mass is 35.5. The van der Waals surface area contributed by atoms with Gasteiger partial charge in [-0.2, -0.15) is 0 Å². The molecule has 3 nitrogen and oxygen atoms in total. The largest absolute Gasteiger partial charge is 0.328 e. The van der Waals surface area contributed by atoms with E-state index in [2.05, 4.69) is 9.55 Å². The highest BCUT2D eigenvalue weighted by molar-refractivity contribution is 6.30. The lowest BCUT2D eigenvalue weighted by atomic mass is 10.0. The fourth-order valence-corrected chi connectivity index (χ4v) is 2.85. The van der Waals surface area contributed by atoms with Crippen molar-refractivity contribution in [3.8, 4) is 0 Å². The van der Waals surface area contributed by atoms with Gasteiger partial charge in [0.1, 0.15) is 5.82 Å². The van der Waals surface area contributed by atoms with Crippen LogP contribution >= 0.6 is 11.6 Å². The summed E-state index contributed by atoms with van der Waals surface area (Å²) in [6, 6.07) is 0.435. The zero-order valence-electron chi connectivity index (χ0n) is 8.75. The second-order valence-electron chi connectivity index (χ2n) is 4.63. The van der Waals surface area contributed by atoms with Gasteiger partial charge >= 0.3 is 0 Å². The zero-order chi connectivity index (χ0) is 10.4. The van der Waals surface area contributed by atoms with Crippen LogP contribution in [0.15, 0.2) is 0 Å². The van der Waals surface area contributed by atoms with Crippen molar-refractivity contribution in [3.63, 3.8) is 0 Å². The number of hydrogen-bond donors (Lipinski definition) is 1. The van der Waals surface area contributed by atoms with Crippen molar-refractivity contribution in [2.24, 2.45) is 5.73 Å². The molecule has 1 aliphatic carbocycles. The van der Waals surface area contributed by atoms with Gasteiger partial charge in [0.25, 0.3) is 0 Å². The predicted octanol–water partition coefficient (Wildman–Crippen LogP) is 2.25. The molecule has 1 fully saturated rings. The highest BCUT2D eigenvalue weighted by Gasteiger charge is 2.34. The topological polar surface area (TPSA) is 43.8 Å². The van der Waals surface area contributed by atoms with Crippen LogP contribution in [0.3, 0.4) is 0 Å². The summed E-state index contributed by atoms with van der Waals surface area (Å²) in [5.41, 5.74) is 7.05. The third-order valence-electron chi connectivity index (χ3n) is 3.52. The van der Waals surface area contributed by atoms with Gasteiger partial charge in [-0.25, -0.2) is 4.98 Å². The third-order valence-corrected chi connectivity index (χ3v) is 3.82. The van der Waals surface area contributed by atoms with Crippen LogP contribution in [0.4, 0.5) is 0 Å². The van der Waals surface area contributed by atoms with E-state index < -0.39 is 0 Å². The van der Waals surface area contributed by atoms with E-state index in [1.807, 2.05) is 0 Å². The maximum atomic E-state index is 6.18. The number of hydrogen-bond acceptors (Lipinski definition) is 2. The Labute approximate surface area is 94.6 Å². The van der Waals surface area contributed by atoms with Gasteiger partial charge < -0.3 is 10.3 Å². The van der Waals surface area contributed by atoms with E-state index in [9.17, 15) is 0 Å². The molecule has 1 saturated carbocycles. The molecule has 0 spiro atoms. The molecule has 1 aliphatic heterocycles. The van der Waals surface area contributed by atoms with E-state index in [1.54, 1.807) is 0 Å². The van der Waals surface area contributed by atoms with Crippen molar-refractivity contribution in [1.29, 1.82) is 0 Å². The van der Waals surface area contributed by atoms with E-state index >= 15 is 0 Å². The van der Waals surface area contributed by atoms with Crippen molar-refractivity contribution in [3.05, 3.63) is 16.7 Å². The average molecular weight is 226 g/mol. The van der Waals surface area contributed by atoms with Gasteiger partial charge in [0.15, 0.2) is 5.15 Å². The van der Waals surface area contributed by atoms with Crippen molar-refractivity contribution in [2.45, 2.75) is 44.1 Å². The first-order valence-electron chi connectivity index (χ1n) is 5.78. The van der Waals surface area contributed by atoms with E-state index in [0.717, 1.165) is 11.6 Å². The molecular formula is C11H16ClN3. The Balaban J connectivity index is 2.08. The summed E-state index contributed by atoms with van der Waals surface area (Å²) in [6.07, 6.45) is 5.97. The van der Waals surface area contributed by atoms with Crippen molar-refractivity contribution >= 4 is 11.6 Å². The van der Waals surface area contributed by atoms with Gasteiger partial charge in [-0.1, -0.05) is 11.6 Å². The number of aromatic nitrogens is 2. The van der Waals surface area contributed by atoms with E-state index in [4.69, 9.17) is 17.3 Å². The summed E-state index contributed by atoms with van der Waals surface area (Å²) in [4.78, 5) is 4.53. The number of imidazole rings is 1. The first-order chi connectivity index (χ1) is 7.31. The fourth-order valence-electron chi connectivity index (χ4n) is 2.57. The zero-order valence-corrected chi connectivity index (χ0v) is 9.50. The van der Waals surface area contributed by atoms with Crippen molar-refractivity contribution in [1.82, 2.24) is 9.55 Å². The summed E-state index contributed by atoms with van der Waals surface area (Å²) in [5, 5.41) is 0.718. The summed E-state index contributed by atoms with van der Waals surface area (Å²) < 4.78 is 2.34. The van der Waals surface area contributed by atoms with E-state index in [-0.39, 0.29) is 0 Å². The predicted molar refractivity (Wildman–Crippen MR) is 60.2 cm³/mol. The Morgan fingerprint density at radius 1 is 1.40 bits per heavy atom. The molecule has 0 bridgehead atoms. The highest BCUT2D eigenvalue weighted by Crippen LogP contribution is 2.43. The summed E-state index contributed by atoms with van der Waals surface area (Å²) in [5.74, 6) is 1.86. The molecule has 2 heterocycles. The third kappa shape index (κ3) is 1.49. The van der Waals surface area contributed by atoms with E-state index in [0.29, 0.717) is 18.5 Å². The summed E-state index contributed by atoms with van der Waals surface area (Å²) in [6.45, 7) is 0.708.